The summed E-state index contributed by atoms with van der Waals surface area (Å²) >= 11 is 0. The van der Waals surface area contributed by atoms with Crippen LogP contribution in [0.4, 0.5) is 0 Å². The maximum absolute atomic E-state index is 9.89. The third kappa shape index (κ3) is 1.65. The maximum atomic E-state index is 9.89. The molecule has 3 unspecified atom stereocenters. The Morgan fingerprint density at radius 3 is 2.80 bits per heavy atom. The summed E-state index contributed by atoms with van der Waals surface area (Å²) in [5, 5.41) is 9.89. The van der Waals surface area contributed by atoms with E-state index in [9.17, 15) is 5.11 Å². The van der Waals surface area contributed by atoms with E-state index in [1.807, 2.05) is 6.08 Å². The Balaban J connectivity index is 1.69. The first-order valence-electron chi connectivity index (χ1n) is 8.61. The van der Waals surface area contributed by atoms with Gasteiger partial charge in [-0.25, -0.2) is 0 Å². The number of fused-ring (bicyclic) bond motifs is 5. The first-order valence-corrected chi connectivity index (χ1v) is 8.61. The van der Waals surface area contributed by atoms with Gasteiger partial charge in [-0.05, 0) is 61.7 Å². The Labute approximate surface area is 123 Å². The lowest BCUT2D eigenvalue weighted by molar-refractivity contribution is -0.0163. The zero-order chi connectivity index (χ0) is 14.0. The van der Waals surface area contributed by atoms with Crippen molar-refractivity contribution in [1.29, 1.82) is 0 Å². The lowest BCUT2D eigenvalue weighted by atomic mass is 9.48. The molecular formula is C19H28O. The van der Waals surface area contributed by atoms with Gasteiger partial charge in [-0.15, -0.1) is 0 Å². The van der Waals surface area contributed by atoms with E-state index in [0.29, 0.717) is 5.41 Å². The van der Waals surface area contributed by atoms with Crippen molar-refractivity contribution in [2.75, 3.05) is 0 Å². The molecule has 6 atom stereocenters. The van der Waals surface area contributed by atoms with Crippen LogP contribution < -0.4 is 0 Å². The molecule has 20 heavy (non-hydrogen) atoms. The summed E-state index contributed by atoms with van der Waals surface area (Å²) < 4.78 is 0. The molecule has 4 aliphatic rings. The summed E-state index contributed by atoms with van der Waals surface area (Å²) in [6.07, 6.45) is 16.0. The molecule has 0 aromatic carbocycles. The van der Waals surface area contributed by atoms with Crippen molar-refractivity contribution in [2.45, 2.75) is 64.9 Å². The average molecular weight is 272 g/mol. The highest BCUT2D eigenvalue weighted by atomic mass is 16.3. The number of rotatable bonds is 0. The molecule has 0 bridgehead atoms. The summed E-state index contributed by atoms with van der Waals surface area (Å²) in [4.78, 5) is 0. The molecule has 4 aliphatic carbocycles. The second-order valence-electron chi connectivity index (χ2n) is 8.32. The predicted octanol–water partition coefficient (Wildman–Crippen LogP) is 4.48. The van der Waals surface area contributed by atoms with Gasteiger partial charge >= 0.3 is 0 Å². The summed E-state index contributed by atoms with van der Waals surface area (Å²) in [6.45, 7) is 5.00. The fourth-order valence-corrected chi connectivity index (χ4v) is 6.31. The van der Waals surface area contributed by atoms with Gasteiger partial charge in [0, 0.05) is 5.41 Å². The molecule has 0 heterocycles. The van der Waals surface area contributed by atoms with Crippen LogP contribution in [0.25, 0.3) is 0 Å². The first-order chi connectivity index (χ1) is 9.53. The van der Waals surface area contributed by atoms with Gasteiger partial charge < -0.3 is 5.11 Å². The predicted molar refractivity (Wildman–Crippen MR) is 82.2 cm³/mol. The van der Waals surface area contributed by atoms with Crippen molar-refractivity contribution in [3.8, 4) is 0 Å². The molecular weight excluding hydrogens is 244 g/mol. The largest absolute Gasteiger partial charge is 0.385 e. The zero-order valence-electron chi connectivity index (χ0n) is 12.9. The fourth-order valence-electron chi connectivity index (χ4n) is 6.31. The molecule has 4 rings (SSSR count). The Hall–Kier alpha value is -0.560. The molecule has 1 nitrogen and oxygen atoms in total. The van der Waals surface area contributed by atoms with Crippen molar-refractivity contribution in [1.82, 2.24) is 0 Å². The van der Waals surface area contributed by atoms with Gasteiger partial charge in [0.15, 0.2) is 0 Å². The minimum Gasteiger partial charge on any atom is -0.385 e. The topological polar surface area (TPSA) is 20.2 Å². The quantitative estimate of drug-likeness (QED) is 0.645. The fraction of sp³-hybridized carbons (Fsp3) is 0.789. The minimum atomic E-state index is -0.338. The van der Waals surface area contributed by atoms with Crippen molar-refractivity contribution in [3.63, 3.8) is 0 Å². The first kappa shape index (κ1) is 13.1. The molecule has 0 spiro atoms. The van der Waals surface area contributed by atoms with Gasteiger partial charge in [0.25, 0.3) is 0 Å². The molecule has 0 radical (unpaired) electrons. The van der Waals surface area contributed by atoms with Gasteiger partial charge in [-0.2, -0.15) is 0 Å². The highest BCUT2D eigenvalue weighted by Gasteiger charge is 2.55. The third-order valence-corrected chi connectivity index (χ3v) is 7.44. The van der Waals surface area contributed by atoms with Gasteiger partial charge in [-0.3, -0.25) is 0 Å². The lowest BCUT2D eigenvalue weighted by Crippen LogP contribution is -2.48. The van der Waals surface area contributed by atoms with E-state index in [-0.39, 0.29) is 11.5 Å². The van der Waals surface area contributed by atoms with E-state index < -0.39 is 0 Å². The van der Waals surface area contributed by atoms with Crippen LogP contribution in [0.15, 0.2) is 23.8 Å². The number of hydrogen-bond donors (Lipinski definition) is 1. The Kier molecular flexibility index (Phi) is 2.77. The van der Waals surface area contributed by atoms with E-state index in [1.54, 1.807) is 0 Å². The number of allylic oxidation sites excluding steroid dienone is 2. The van der Waals surface area contributed by atoms with Crippen molar-refractivity contribution < 1.29 is 5.11 Å². The van der Waals surface area contributed by atoms with Crippen LogP contribution in [0.2, 0.25) is 0 Å². The van der Waals surface area contributed by atoms with E-state index in [4.69, 9.17) is 0 Å². The molecule has 0 saturated heterocycles. The van der Waals surface area contributed by atoms with Crippen LogP contribution in [-0.2, 0) is 0 Å². The summed E-state index contributed by atoms with van der Waals surface area (Å²) in [5.41, 5.74) is 2.42. The Morgan fingerprint density at radius 1 is 1.10 bits per heavy atom. The van der Waals surface area contributed by atoms with E-state index in [0.717, 1.165) is 17.8 Å². The van der Waals surface area contributed by atoms with E-state index >= 15 is 0 Å². The SMILES string of the molecule is C[C@@]12CCCC1C1CCC3=C[C@@H](O)C=C[C@]3(C)C1CC2. The molecule has 110 valence electrons. The highest BCUT2D eigenvalue weighted by molar-refractivity contribution is 5.33. The Bertz CT molecular complexity index is 476. The van der Waals surface area contributed by atoms with Gasteiger partial charge in [0.1, 0.15) is 0 Å². The van der Waals surface area contributed by atoms with Crippen molar-refractivity contribution in [3.05, 3.63) is 23.8 Å². The second-order valence-corrected chi connectivity index (χ2v) is 8.32. The van der Waals surface area contributed by atoms with Gasteiger partial charge in [0.05, 0.1) is 6.10 Å². The van der Waals surface area contributed by atoms with Crippen molar-refractivity contribution in [2.24, 2.45) is 28.6 Å². The molecule has 3 saturated carbocycles. The number of aliphatic hydroxyl groups is 1. The summed E-state index contributed by atoms with van der Waals surface area (Å²) in [5.74, 6) is 2.72. The normalized spacial score (nSPS) is 53.9. The summed E-state index contributed by atoms with van der Waals surface area (Å²) in [6, 6.07) is 0. The van der Waals surface area contributed by atoms with Crippen LogP contribution in [0, 0.1) is 28.6 Å². The smallest absolute Gasteiger partial charge is 0.0905 e. The van der Waals surface area contributed by atoms with Crippen LogP contribution >= 0.6 is 0 Å². The maximum Gasteiger partial charge on any atom is 0.0905 e. The van der Waals surface area contributed by atoms with Gasteiger partial charge in [0.2, 0.25) is 0 Å². The monoisotopic (exact) mass is 272 g/mol. The molecule has 1 heteroatoms. The Morgan fingerprint density at radius 2 is 1.95 bits per heavy atom. The van der Waals surface area contributed by atoms with Crippen LogP contribution in [0.3, 0.4) is 0 Å². The molecule has 1 N–H and O–H groups in total. The zero-order valence-corrected chi connectivity index (χ0v) is 12.9. The molecule has 0 amide bonds. The molecule has 0 aromatic heterocycles. The molecule has 0 aliphatic heterocycles. The van der Waals surface area contributed by atoms with E-state index in [2.05, 4.69) is 26.0 Å². The minimum absolute atomic E-state index is 0.242. The standard InChI is InChI=1S/C19H28O/c1-18-9-3-4-16(18)15-6-5-13-12-14(20)7-11-19(13,2)17(15)8-10-18/h7,11-12,14-17,20H,3-6,8-10H2,1-2H3/t14-,15?,16?,17?,18-,19-/m0/s1. The number of hydrogen-bond acceptors (Lipinski definition) is 1. The van der Waals surface area contributed by atoms with E-state index in [1.165, 1.54) is 50.5 Å². The number of aliphatic hydroxyl groups excluding tert-OH is 1. The van der Waals surface area contributed by atoms with Crippen LogP contribution in [0.1, 0.15) is 58.8 Å². The van der Waals surface area contributed by atoms with Gasteiger partial charge in [-0.1, -0.05) is 44.1 Å². The highest BCUT2D eigenvalue weighted by Crippen LogP contribution is 2.64. The molecule has 0 aromatic rings. The lowest BCUT2D eigenvalue weighted by Gasteiger charge is -2.56. The average Bonchev–Trinajstić information content (AvgIpc) is 2.81. The van der Waals surface area contributed by atoms with Crippen LogP contribution in [-0.4, -0.2) is 11.2 Å². The second kappa shape index (κ2) is 4.22. The molecule has 3 fully saturated rings. The van der Waals surface area contributed by atoms with Crippen molar-refractivity contribution >= 4 is 0 Å². The summed E-state index contributed by atoms with van der Waals surface area (Å²) in [7, 11) is 0. The van der Waals surface area contributed by atoms with Crippen LogP contribution in [0.5, 0.6) is 0 Å². The third-order valence-electron chi connectivity index (χ3n) is 7.44.